The monoisotopic (exact) mass is 271 g/mol. The molecule has 0 spiro atoms. The highest BCUT2D eigenvalue weighted by atomic mass is 16.5. The first kappa shape index (κ1) is 12.6. The molecule has 102 valence electrons. The number of nitrogens with one attached hydrogen (secondary N) is 1. The largest absolute Gasteiger partial charge is 0.352 e. The molecule has 1 atom stereocenters. The number of aryl methyl sites for hydroxylation is 1. The Morgan fingerprint density at radius 1 is 1.30 bits per heavy atom. The van der Waals surface area contributed by atoms with Crippen molar-refractivity contribution in [3.8, 4) is 11.3 Å². The molecule has 6 nitrogen and oxygen atoms in total. The van der Waals surface area contributed by atoms with Gasteiger partial charge in [-0.3, -0.25) is 19.6 Å². The molecule has 1 aromatic carbocycles. The lowest BCUT2D eigenvalue weighted by molar-refractivity contribution is -0.150. The van der Waals surface area contributed by atoms with Gasteiger partial charge in [-0.1, -0.05) is 30.3 Å². The molecule has 3 rings (SSSR count). The van der Waals surface area contributed by atoms with Crippen LogP contribution in [0.25, 0.3) is 11.3 Å². The van der Waals surface area contributed by atoms with Gasteiger partial charge in [0.05, 0.1) is 5.69 Å². The number of amides is 2. The lowest BCUT2D eigenvalue weighted by Crippen LogP contribution is -2.43. The van der Waals surface area contributed by atoms with Crippen molar-refractivity contribution in [1.82, 2.24) is 15.1 Å². The maximum atomic E-state index is 11.8. The SMILES string of the molecule is Cn1nc(C2OCC(=O)NC2=O)cc1-c1ccccc1. The van der Waals surface area contributed by atoms with E-state index in [2.05, 4.69) is 10.4 Å². The van der Waals surface area contributed by atoms with E-state index in [1.165, 1.54) is 0 Å². The summed E-state index contributed by atoms with van der Waals surface area (Å²) < 4.78 is 6.95. The minimum Gasteiger partial charge on any atom is -0.352 e. The number of ether oxygens (including phenoxy) is 1. The average molecular weight is 271 g/mol. The van der Waals surface area contributed by atoms with Crippen LogP contribution in [0.4, 0.5) is 0 Å². The number of carbonyl (C=O) groups excluding carboxylic acids is 2. The lowest BCUT2D eigenvalue weighted by atomic mass is 10.1. The van der Waals surface area contributed by atoms with E-state index in [1.54, 1.807) is 17.8 Å². The van der Waals surface area contributed by atoms with Crippen molar-refractivity contribution in [2.24, 2.45) is 7.05 Å². The molecule has 2 aromatic rings. The number of rotatable bonds is 2. The van der Waals surface area contributed by atoms with Crippen molar-refractivity contribution in [2.75, 3.05) is 6.61 Å². The fourth-order valence-electron chi connectivity index (χ4n) is 2.19. The van der Waals surface area contributed by atoms with Gasteiger partial charge in [-0.25, -0.2) is 0 Å². The van der Waals surface area contributed by atoms with Crippen LogP contribution in [0.3, 0.4) is 0 Å². The number of carbonyl (C=O) groups is 2. The topological polar surface area (TPSA) is 73.2 Å². The van der Waals surface area contributed by atoms with Gasteiger partial charge in [0.1, 0.15) is 12.3 Å². The number of benzene rings is 1. The van der Waals surface area contributed by atoms with Crippen LogP contribution in [0, 0.1) is 0 Å². The summed E-state index contributed by atoms with van der Waals surface area (Å²) in [6.45, 7) is -0.131. The van der Waals surface area contributed by atoms with Gasteiger partial charge >= 0.3 is 0 Å². The van der Waals surface area contributed by atoms with Crippen LogP contribution in [-0.4, -0.2) is 28.2 Å². The summed E-state index contributed by atoms with van der Waals surface area (Å²) in [5, 5.41) is 6.55. The Morgan fingerprint density at radius 2 is 2.05 bits per heavy atom. The molecule has 1 aromatic heterocycles. The van der Waals surface area contributed by atoms with E-state index in [0.29, 0.717) is 5.69 Å². The third kappa shape index (κ3) is 2.21. The van der Waals surface area contributed by atoms with Crippen LogP contribution >= 0.6 is 0 Å². The molecule has 2 heterocycles. The second-order valence-electron chi connectivity index (χ2n) is 4.55. The molecular formula is C14H13N3O3. The van der Waals surface area contributed by atoms with Gasteiger partial charge in [0.2, 0.25) is 0 Å². The predicted octanol–water partition coefficient (Wildman–Crippen LogP) is 0.801. The molecule has 1 saturated heterocycles. The van der Waals surface area contributed by atoms with Gasteiger partial charge in [-0.15, -0.1) is 0 Å². The van der Waals surface area contributed by atoms with Crippen LogP contribution in [0.15, 0.2) is 36.4 Å². The zero-order valence-electron chi connectivity index (χ0n) is 10.9. The Bertz CT molecular complexity index is 664. The standard InChI is InChI=1S/C14H13N3O3/c1-17-11(9-5-3-2-4-6-9)7-10(16-17)13-14(19)15-12(18)8-20-13/h2-7,13H,8H2,1H3,(H,15,18,19). The summed E-state index contributed by atoms with van der Waals surface area (Å²) in [4.78, 5) is 22.8. The number of morpholine rings is 1. The number of aromatic nitrogens is 2. The maximum Gasteiger partial charge on any atom is 0.262 e. The predicted molar refractivity (Wildman–Crippen MR) is 70.5 cm³/mol. The van der Waals surface area contributed by atoms with Crippen LogP contribution in [0.2, 0.25) is 0 Å². The van der Waals surface area contributed by atoms with Crippen LogP contribution in [-0.2, 0) is 21.4 Å². The van der Waals surface area contributed by atoms with E-state index in [-0.39, 0.29) is 6.61 Å². The van der Waals surface area contributed by atoms with Crippen molar-refractivity contribution in [3.63, 3.8) is 0 Å². The molecule has 1 unspecified atom stereocenters. The zero-order chi connectivity index (χ0) is 14.1. The molecule has 20 heavy (non-hydrogen) atoms. The van der Waals surface area contributed by atoms with Gasteiger partial charge in [-0.05, 0) is 11.6 Å². The smallest absolute Gasteiger partial charge is 0.262 e. The lowest BCUT2D eigenvalue weighted by Gasteiger charge is -2.19. The molecule has 6 heteroatoms. The van der Waals surface area contributed by atoms with Crippen molar-refractivity contribution in [1.29, 1.82) is 0 Å². The highest BCUT2D eigenvalue weighted by Crippen LogP contribution is 2.25. The summed E-state index contributed by atoms with van der Waals surface area (Å²) in [6, 6.07) is 11.5. The number of hydrogen-bond donors (Lipinski definition) is 1. The van der Waals surface area contributed by atoms with E-state index in [4.69, 9.17) is 4.74 Å². The van der Waals surface area contributed by atoms with Crippen molar-refractivity contribution in [3.05, 3.63) is 42.1 Å². The fourth-order valence-corrected chi connectivity index (χ4v) is 2.19. The molecule has 1 N–H and O–H groups in total. The van der Waals surface area contributed by atoms with Gasteiger partial charge in [0.25, 0.3) is 11.8 Å². The summed E-state index contributed by atoms with van der Waals surface area (Å²) >= 11 is 0. The van der Waals surface area contributed by atoms with E-state index in [9.17, 15) is 9.59 Å². The third-order valence-electron chi connectivity index (χ3n) is 3.12. The molecule has 0 saturated carbocycles. The number of nitrogens with zero attached hydrogens (tertiary/aromatic N) is 2. The van der Waals surface area contributed by atoms with Crippen molar-refractivity contribution in [2.45, 2.75) is 6.10 Å². The maximum absolute atomic E-state index is 11.8. The Kier molecular flexibility index (Phi) is 3.08. The van der Waals surface area contributed by atoms with Gasteiger partial charge in [0, 0.05) is 7.05 Å². The first-order chi connectivity index (χ1) is 9.65. The van der Waals surface area contributed by atoms with Crippen molar-refractivity contribution >= 4 is 11.8 Å². The summed E-state index contributed by atoms with van der Waals surface area (Å²) in [6.07, 6.45) is -0.837. The molecular weight excluding hydrogens is 258 g/mol. The fraction of sp³-hybridized carbons (Fsp3) is 0.214. The molecule has 0 aliphatic carbocycles. The van der Waals surface area contributed by atoms with E-state index in [0.717, 1.165) is 11.3 Å². The second-order valence-corrected chi connectivity index (χ2v) is 4.55. The summed E-state index contributed by atoms with van der Waals surface area (Å²) in [5.74, 6) is -0.899. The first-order valence-electron chi connectivity index (χ1n) is 6.20. The van der Waals surface area contributed by atoms with E-state index >= 15 is 0 Å². The highest BCUT2D eigenvalue weighted by molar-refractivity contribution is 6.00. The van der Waals surface area contributed by atoms with E-state index in [1.807, 2.05) is 30.3 Å². The van der Waals surface area contributed by atoms with Crippen molar-refractivity contribution < 1.29 is 14.3 Å². The molecule has 2 amide bonds. The summed E-state index contributed by atoms with van der Waals surface area (Å²) in [5.41, 5.74) is 2.38. The first-order valence-corrected chi connectivity index (χ1v) is 6.20. The van der Waals surface area contributed by atoms with E-state index < -0.39 is 17.9 Å². The Morgan fingerprint density at radius 3 is 2.75 bits per heavy atom. The average Bonchev–Trinajstić information content (AvgIpc) is 2.81. The Balaban J connectivity index is 1.93. The molecule has 1 aliphatic rings. The Hall–Kier alpha value is -2.47. The number of imide groups is 1. The quantitative estimate of drug-likeness (QED) is 0.820. The highest BCUT2D eigenvalue weighted by Gasteiger charge is 2.31. The normalized spacial score (nSPS) is 18.9. The molecule has 0 bridgehead atoms. The molecule has 0 radical (unpaired) electrons. The minimum absolute atomic E-state index is 0.131. The van der Waals surface area contributed by atoms with Gasteiger partial charge in [-0.2, -0.15) is 5.10 Å². The minimum atomic E-state index is -0.837. The molecule has 1 aliphatic heterocycles. The number of hydrogen-bond acceptors (Lipinski definition) is 4. The van der Waals surface area contributed by atoms with Crippen LogP contribution in [0.5, 0.6) is 0 Å². The van der Waals surface area contributed by atoms with Gasteiger partial charge < -0.3 is 4.74 Å². The third-order valence-corrected chi connectivity index (χ3v) is 3.12. The van der Waals surface area contributed by atoms with Crippen LogP contribution < -0.4 is 5.32 Å². The second kappa shape index (κ2) is 4.90. The summed E-state index contributed by atoms with van der Waals surface area (Å²) in [7, 11) is 1.80. The van der Waals surface area contributed by atoms with Crippen LogP contribution in [0.1, 0.15) is 11.8 Å². The molecule has 1 fully saturated rings. The van der Waals surface area contributed by atoms with Gasteiger partial charge in [0.15, 0.2) is 6.10 Å². The Labute approximate surface area is 115 Å². The zero-order valence-corrected chi connectivity index (χ0v) is 10.9.